The summed E-state index contributed by atoms with van der Waals surface area (Å²) in [4.78, 5) is 36.7. The minimum absolute atomic E-state index is 0.0854. The van der Waals surface area contributed by atoms with Crippen LogP contribution in [0, 0.1) is 0 Å². The largest absolute Gasteiger partial charge is 0.358 e. The van der Waals surface area contributed by atoms with Crippen LogP contribution in [-0.2, 0) is 20.8 Å². The van der Waals surface area contributed by atoms with Crippen molar-refractivity contribution >= 4 is 17.6 Å². The maximum absolute atomic E-state index is 12.7. The Labute approximate surface area is 154 Å². The number of carbonyl (C=O) groups is 3. The molecule has 0 fully saturated rings. The highest BCUT2D eigenvalue weighted by Crippen LogP contribution is 2.06. The molecule has 0 radical (unpaired) electrons. The van der Waals surface area contributed by atoms with Gasteiger partial charge in [0.05, 0.1) is 12.6 Å². The highest BCUT2D eigenvalue weighted by Gasteiger charge is 2.26. The molecule has 0 saturated heterocycles. The van der Waals surface area contributed by atoms with Gasteiger partial charge in [-0.1, -0.05) is 30.3 Å². The zero-order valence-electron chi connectivity index (χ0n) is 15.8. The minimum Gasteiger partial charge on any atom is -0.358 e. The molecule has 0 saturated carbocycles. The molecule has 1 rings (SSSR count). The topological polar surface area (TPSA) is 131 Å². The van der Waals surface area contributed by atoms with Gasteiger partial charge in [0.15, 0.2) is 11.8 Å². The van der Waals surface area contributed by atoms with Crippen molar-refractivity contribution in [3.05, 3.63) is 35.9 Å². The van der Waals surface area contributed by atoms with Crippen LogP contribution in [0.4, 0.5) is 0 Å². The van der Waals surface area contributed by atoms with Crippen molar-refractivity contribution in [1.82, 2.24) is 10.6 Å². The van der Waals surface area contributed by atoms with Crippen LogP contribution in [0.25, 0.3) is 0 Å². The fourth-order valence-corrected chi connectivity index (χ4v) is 2.55. The standard InChI is InChI=1S/C19H30N4O3/c1-13(21)18(25)23-17(12-15-8-4-3-5-9-15)19(26)22-16(14(2)24)10-6-7-11-20/h3-5,8-9,13,16-17H,6-7,10-12,20-21H2,1-2H3,(H,22,26)(H,23,25)/p+2/t13-,16-,17-/m0/s1. The number of Topliss-reactive ketones (excluding diaryl/α,β-unsaturated/α-hetero) is 1. The molecule has 0 spiro atoms. The van der Waals surface area contributed by atoms with Crippen LogP contribution in [0.1, 0.15) is 38.7 Å². The van der Waals surface area contributed by atoms with E-state index in [1.807, 2.05) is 30.3 Å². The Bertz CT molecular complexity index is 590. The third kappa shape index (κ3) is 7.76. The van der Waals surface area contributed by atoms with Gasteiger partial charge in [0, 0.05) is 6.42 Å². The monoisotopic (exact) mass is 364 g/mol. The van der Waals surface area contributed by atoms with Crippen LogP contribution < -0.4 is 22.1 Å². The average molecular weight is 364 g/mol. The molecule has 0 bridgehead atoms. The fraction of sp³-hybridized carbons (Fsp3) is 0.526. The Hall–Kier alpha value is -2.25. The number of quaternary nitrogens is 2. The maximum Gasteiger partial charge on any atom is 0.278 e. The SMILES string of the molecule is CC(=O)[C@H](CCCC[NH3+])NC(=O)[C@H](Cc1ccccc1)NC(=O)[C@H](C)[NH3+]. The predicted octanol–water partition coefficient (Wildman–Crippen LogP) is -1.17. The van der Waals surface area contributed by atoms with Crippen molar-refractivity contribution in [2.24, 2.45) is 0 Å². The normalized spacial score (nSPS) is 14.2. The van der Waals surface area contributed by atoms with Crippen LogP contribution >= 0.6 is 0 Å². The number of ketones is 1. The molecule has 0 aliphatic carbocycles. The molecule has 1 aromatic rings. The predicted molar refractivity (Wildman–Crippen MR) is 98.6 cm³/mol. The lowest BCUT2D eigenvalue weighted by Crippen LogP contribution is -2.67. The van der Waals surface area contributed by atoms with Gasteiger partial charge >= 0.3 is 0 Å². The van der Waals surface area contributed by atoms with Crippen LogP contribution in [0.2, 0.25) is 0 Å². The number of rotatable bonds is 11. The van der Waals surface area contributed by atoms with Crippen molar-refractivity contribution in [2.45, 2.75) is 57.7 Å². The molecule has 0 aliphatic rings. The molecule has 0 aliphatic heterocycles. The second kappa shape index (κ2) is 11.4. The smallest absolute Gasteiger partial charge is 0.278 e. The molecule has 7 heteroatoms. The summed E-state index contributed by atoms with van der Waals surface area (Å²) in [5.74, 6) is -0.729. The van der Waals surface area contributed by atoms with Crippen LogP contribution in [0.5, 0.6) is 0 Å². The van der Waals surface area contributed by atoms with Gasteiger partial charge < -0.3 is 22.1 Å². The van der Waals surface area contributed by atoms with Gasteiger partial charge in [0.1, 0.15) is 6.04 Å². The van der Waals surface area contributed by atoms with E-state index in [0.29, 0.717) is 12.8 Å². The van der Waals surface area contributed by atoms with E-state index in [9.17, 15) is 14.4 Å². The van der Waals surface area contributed by atoms with Crippen LogP contribution in [-0.4, -0.2) is 42.3 Å². The van der Waals surface area contributed by atoms with Gasteiger partial charge in [-0.2, -0.15) is 0 Å². The average Bonchev–Trinajstić information content (AvgIpc) is 2.60. The van der Waals surface area contributed by atoms with E-state index in [1.165, 1.54) is 6.92 Å². The third-order valence-electron chi connectivity index (χ3n) is 4.16. The summed E-state index contributed by atoms with van der Waals surface area (Å²) in [6, 6.07) is 7.70. The van der Waals surface area contributed by atoms with E-state index in [4.69, 9.17) is 0 Å². The zero-order valence-corrected chi connectivity index (χ0v) is 15.8. The molecule has 3 atom stereocenters. The summed E-state index contributed by atoms with van der Waals surface area (Å²) < 4.78 is 0. The number of nitrogens with one attached hydrogen (secondary N) is 2. The molecule has 0 aromatic heterocycles. The summed E-state index contributed by atoms with van der Waals surface area (Å²) in [5, 5.41) is 5.54. The Kier molecular flexibility index (Phi) is 9.54. The highest BCUT2D eigenvalue weighted by atomic mass is 16.2. The Morgan fingerprint density at radius 3 is 2.15 bits per heavy atom. The van der Waals surface area contributed by atoms with Crippen LogP contribution in [0.3, 0.4) is 0 Å². The first-order chi connectivity index (χ1) is 12.3. The molecular formula is C19H32N4O3+2. The van der Waals surface area contributed by atoms with E-state index in [0.717, 1.165) is 24.9 Å². The van der Waals surface area contributed by atoms with E-state index in [1.54, 1.807) is 6.92 Å². The van der Waals surface area contributed by atoms with Crippen molar-refractivity contribution in [2.75, 3.05) is 6.54 Å². The van der Waals surface area contributed by atoms with Gasteiger partial charge in [-0.3, -0.25) is 14.4 Å². The van der Waals surface area contributed by atoms with Gasteiger partial charge in [-0.25, -0.2) is 0 Å². The lowest BCUT2D eigenvalue weighted by atomic mass is 10.0. The number of benzene rings is 1. The number of hydrogen-bond donors (Lipinski definition) is 4. The number of amides is 2. The second-order valence-corrected chi connectivity index (χ2v) is 6.67. The molecule has 8 N–H and O–H groups in total. The molecule has 0 heterocycles. The van der Waals surface area contributed by atoms with Crippen molar-refractivity contribution in [3.63, 3.8) is 0 Å². The van der Waals surface area contributed by atoms with Gasteiger partial charge in [0.25, 0.3) is 5.91 Å². The first-order valence-electron chi connectivity index (χ1n) is 9.12. The zero-order chi connectivity index (χ0) is 19.5. The fourth-order valence-electron chi connectivity index (χ4n) is 2.55. The summed E-state index contributed by atoms with van der Waals surface area (Å²) >= 11 is 0. The number of carbonyl (C=O) groups excluding carboxylic acids is 3. The first-order valence-corrected chi connectivity index (χ1v) is 9.12. The van der Waals surface area contributed by atoms with E-state index < -0.39 is 18.1 Å². The van der Waals surface area contributed by atoms with Gasteiger partial charge in [-0.15, -0.1) is 0 Å². The second-order valence-electron chi connectivity index (χ2n) is 6.67. The van der Waals surface area contributed by atoms with Crippen molar-refractivity contribution in [1.29, 1.82) is 0 Å². The van der Waals surface area contributed by atoms with Crippen molar-refractivity contribution in [3.8, 4) is 0 Å². The summed E-state index contributed by atoms with van der Waals surface area (Å²) in [7, 11) is 0. The number of hydrogen-bond acceptors (Lipinski definition) is 3. The Balaban J connectivity index is 2.83. The molecular weight excluding hydrogens is 332 g/mol. The lowest BCUT2D eigenvalue weighted by Gasteiger charge is -2.22. The maximum atomic E-state index is 12.7. The molecule has 2 amide bonds. The molecule has 26 heavy (non-hydrogen) atoms. The summed E-state index contributed by atoms with van der Waals surface area (Å²) in [6.45, 7) is 3.94. The van der Waals surface area contributed by atoms with Crippen LogP contribution in [0.15, 0.2) is 30.3 Å². The molecule has 0 unspecified atom stereocenters. The highest BCUT2D eigenvalue weighted by molar-refractivity contribution is 5.92. The minimum atomic E-state index is -0.746. The Morgan fingerprint density at radius 1 is 1.00 bits per heavy atom. The summed E-state index contributed by atoms with van der Waals surface area (Å²) in [6.07, 6.45) is 2.66. The van der Waals surface area contributed by atoms with Gasteiger partial charge in [0.2, 0.25) is 5.91 Å². The van der Waals surface area contributed by atoms with E-state index >= 15 is 0 Å². The molecule has 1 aromatic carbocycles. The van der Waals surface area contributed by atoms with E-state index in [2.05, 4.69) is 22.1 Å². The van der Waals surface area contributed by atoms with Crippen molar-refractivity contribution < 1.29 is 25.9 Å². The number of unbranched alkanes of at least 4 members (excludes halogenated alkanes) is 1. The Morgan fingerprint density at radius 2 is 1.62 bits per heavy atom. The molecule has 7 nitrogen and oxygen atoms in total. The molecule has 144 valence electrons. The third-order valence-corrected chi connectivity index (χ3v) is 4.16. The summed E-state index contributed by atoms with van der Waals surface area (Å²) in [5.41, 5.74) is 8.41. The quantitative estimate of drug-likeness (QED) is 0.369. The lowest BCUT2D eigenvalue weighted by molar-refractivity contribution is -0.398. The van der Waals surface area contributed by atoms with E-state index in [-0.39, 0.29) is 17.6 Å². The first kappa shape index (κ1) is 21.8. The van der Waals surface area contributed by atoms with Gasteiger partial charge in [-0.05, 0) is 38.7 Å².